The maximum atomic E-state index is 11.7. The number of hydrogen-bond donors (Lipinski definition) is 2. The van der Waals surface area contributed by atoms with Gasteiger partial charge in [-0.15, -0.1) is 24.0 Å². The van der Waals surface area contributed by atoms with Crippen molar-refractivity contribution in [1.29, 1.82) is 0 Å². The Morgan fingerprint density at radius 3 is 2.72 bits per heavy atom. The molecule has 0 aliphatic carbocycles. The van der Waals surface area contributed by atoms with Crippen molar-refractivity contribution in [1.82, 2.24) is 15.5 Å². The number of ether oxygens (including phenoxy) is 2. The van der Waals surface area contributed by atoms with Gasteiger partial charge in [0.25, 0.3) is 0 Å². The molecule has 140 valence electrons. The molecule has 0 bridgehead atoms. The minimum atomic E-state index is 0. The predicted molar refractivity (Wildman–Crippen MR) is 109 cm³/mol. The fourth-order valence-electron chi connectivity index (χ4n) is 2.08. The van der Waals surface area contributed by atoms with Crippen molar-refractivity contribution in [2.24, 2.45) is 4.99 Å². The monoisotopic (exact) mass is 462 g/mol. The maximum absolute atomic E-state index is 11.7. The van der Waals surface area contributed by atoms with E-state index in [0.717, 1.165) is 36.4 Å². The van der Waals surface area contributed by atoms with Gasteiger partial charge in [-0.1, -0.05) is 19.4 Å². The van der Waals surface area contributed by atoms with Gasteiger partial charge in [-0.05, 0) is 24.1 Å². The van der Waals surface area contributed by atoms with Crippen LogP contribution in [0.3, 0.4) is 0 Å². The lowest BCUT2D eigenvalue weighted by Gasteiger charge is -2.15. The number of hydrogen-bond acceptors (Lipinski definition) is 4. The zero-order chi connectivity index (χ0) is 17.4. The second-order valence-corrected chi connectivity index (χ2v) is 5.77. The van der Waals surface area contributed by atoms with E-state index in [1.807, 2.05) is 18.2 Å². The Morgan fingerprint density at radius 2 is 2.00 bits per heavy atom. The maximum Gasteiger partial charge on any atom is 0.241 e. The van der Waals surface area contributed by atoms with Crippen LogP contribution in [0.5, 0.6) is 11.5 Å². The molecule has 25 heavy (non-hydrogen) atoms. The van der Waals surface area contributed by atoms with Gasteiger partial charge in [-0.25, -0.2) is 4.99 Å². The first kappa shape index (κ1) is 21.3. The van der Waals surface area contributed by atoms with Crippen LogP contribution in [0.2, 0.25) is 0 Å². The van der Waals surface area contributed by atoms with Gasteiger partial charge in [0, 0.05) is 20.6 Å². The molecule has 0 saturated carbocycles. The summed E-state index contributed by atoms with van der Waals surface area (Å²) in [6.45, 7) is 3.92. The molecule has 2 N–H and O–H groups in total. The first-order valence-electron chi connectivity index (χ1n) is 8.21. The molecular formula is C17H27IN4O3. The molecule has 1 aromatic rings. The molecule has 0 radical (unpaired) electrons. The summed E-state index contributed by atoms with van der Waals surface area (Å²) in [4.78, 5) is 17.8. The minimum Gasteiger partial charge on any atom is -0.454 e. The summed E-state index contributed by atoms with van der Waals surface area (Å²) >= 11 is 0. The molecule has 2 rings (SSSR count). The van der Waals surface area contributed by atoms with E-state index in [0.29, 0.717) is 12.5 Å². The van der Waals surface area contributed by atoms with E-state index in [1.54, 1.807) is 19.0 Å². The zero-order valence-corrected chi connectivity index (χ0v) is 17.3. The highest BCUT2D eigenvalue weighted by Gasteiger charge is 2.13. The third kappa shape index (κ3) is 6.97. The Kier molecular flexibility index (Phi) is 9.40. The highest BCUT2D eigenvalue weighted by Crippen LogP contribution is 2.32. The summed E-state index contributed by atoms with van der Waals surface area (Å²) in [5.41, 5.74) is 1.02. The minimum absolute atomic E-state index is 0. The SMILES string of the molecule is CCCCNC(=NCc1ccc2c(c1)OCO2)NCC(=O)N(C)C.I. The number of fused-ring (bicyclic) bond motifs is 1. The van der Waals surface area contributed by atoms with Gasteiger partial charge in [-0.3, -0.25) is 4.79 Å². The summed E-state index contributed by atoms with van der Waals surface area (Å²) in [6.07, 6.45) is 2.14. The van der Waals surface area contributed by atoms with Gasteiger partial charge in [0.05, 0.1) is 13.1 Å². The number of benzene rings is 1. The summed E-state index contributed by atoms with van der Waals surface area (Å²) in [5, 5.41) is 6.32. The van der Waals surface area contributed by atoms with E-state index in [9.17, 15) is 4.79 Å². The number of aliphatic imine (C=N–C) groups is 1. The van der Waals surface area contributed by atoms with E-state index >= 15 is 0 Å². The highest BCUT2D eigenvalue weighted by molar-refractivity contribution is 14.0. The molecule has 0 unspecified atom stereocenters. The number of carbonyl (C=O) groups excluding carboxylic acids is 1. The van der Waals surface area contributed by atoms with Crippen LogP contribution in [0.1, 0.15) is 25.3 Å². The first-order valence-corrected chi connectivity index (χ1v) is 8.21. The fourth-order valence-corrected chi connectivity index (χ4v) is 2.08. The number of carbonyl (C=O) groups is 1. The standard InChI is InChI=1S/C17H26N4O3.HI/c1-4-5-8-18-17(20-11-16(22)21(2)3)19-10-13-6-7-14-15(9-13)24-12-23-14;/h6-7,9H,4-5,8,10-12H2,1-3H3,(H2,18,19,20);1H. The van der Waals surface area contributed by atoms with Crippen molar-refractivity contribution in [3.8, 4) is 11.5 Å². The number of nitrogens with zero attached hydrogens (tertiary/aromatic N) is 2. The molecule has 0 aromatic heterocycles. The fraction of sp³-hybridized carbons (Fsp3) is 0.529. The van der Waals surface area contributed by atoms with E-state index < -0.39 is 0 Å². The van der Waals surface area contributed by atoms with E-state index in [-0.39, 0.29) is 43.2 Å². The van der Waals surface area contributed by atoms with E-state index in [1.165, 1.54) is 0 Å². The molecule has 1 heterocycles. The smallest absolute Gasteiger partial charge is 0.241 e. The molecule has 0 saturated heterocycles. The number of halogens is 1. The lowest BCUT2D eigenvalue weighted by atomic mass is 10.2. The third-order valence-electron chi connectivity index (χ3n) is 3.59. The van der Waals surface area contributed by atoms with Gasteiger partial charge in [0.1, 0.15) is 0 Å². The van der Waals surface area contributed by atoms with Crippen LogP contribution in [0.15, 0.2) is 23.2 Å². The van der Waals surface area contributed by atoms with Crippen molar-refractivity contribution in [2.75, 3.05) is 34.0 Å². The second-order valence-electron chi connectivity index (χ2n) is 5.77. The number of guanidine groups is 1. The molecule has 1 aromatic carbocycles. The van der Waals surface area contributed by atoms with Crippen molar-refractivity contribution in [3.05, 3.63) is 23.8 Å². The molecule has 0 fully saturated rings. The van der Waals surface area contributed by atoms with Gasteiger partial charge < -0.3 is 25.0 Å². The molecule has 0 spiro atoms. The third-order valence-corrected chi connectivity index (χ3v) is 3.59. The molecule has 0 atom stereocenters. The van der Waals surface area contributed by atoms with Gasteiger partial charge in [-0.2, -0.15) is 0 Å². The molecule has 1 aliphatic rings. The van der Waals surface area contributed by atoms with Crippen molar-refractivity contribution in [3.63, 3.8) is 0 Å². The van der Waals surface area contributed by atoms with Crippen LogP contribution in [0.4, 0.5) is 0 Å². The topological polar surface area (TPSA) is 75.2 Å². The number of likely N-dealkylation sites (N-methyl/N-ethyl adjacent to an activating group) is 1. The van der Waals surface area contributed by atoms with Crippen LogP contribution in [0.25, 0.3) is 0 Å². The quantitative estimate of drug-likeness (QED) is 0.281. The van der Waals surface area contributed by atoms with E-state index in [2.05, 4.69) is 22.5 Å². The summed E-state index contributed by atoms with van der Waals surface area (Å²) < 4.78 is 10.7. The normalized spacial score (nSPS) is 12.4. The highest BCUT2D eigenvalue weighted by atomic mass is 127. The number of nitrogens with one attached hydrogen (secondary N) is 2. The van der Waals surface area contributed by atoms with Gasteiger partial charge in [0.2, 0.25) is 12.7 Å². The second kappa shape index (κ2) is 11.0. The van der Waals surface area contributed by atoms with Crippen molar-refractivity contribution in [2.45, 2.75) is 26.3 Å². The van der Waals surface area contributed by atoms with Crippen LogP contribution >= 0.6 is 24.0 Å². The van der Waals surface area contributed by atoms with Crippen molar-refractivity contribution < 1.29 is 14.3 Å². The molecule has 1 amide bonds. The Balaban J connectivity index is 0.00000312. The lowest BCUT2D eigenvalue weighted by Crippen LogP contribution is -2.43. The van der Waals surface area contributed by atoms with Crippen LogP contribution in [-0.4, -0.2) is 50.7 Å². The van der Waals surface area contributed by atoms with Crippen LogP contribution < -0.4 is 20.1 Å². The Labute approximate surface area is 166 Å². The molecular weight excluding hydrogens is 435 g/mol. The summed E-state index contributed by atoms with van der Waals surface area (Å²) in [6, 6.07) is 5.78. The van der Waals surface area contributed by atoms with Crippen molar-refractivity contribution >= 4 is 35.8 Å². The van der Waals surface area contributed by atoms with Crippen LogP contribution in [0, 0.1) is 0 Å². The first-order chi connectivity index (χ1) is 11.6. The molecule has 8 heteroatoms. The lowest BCUT2D eigenvalue weighted by molar-refractivity contribution is -0.127. The van der Waals surface area contributed by atoms with Gasteiger partial charge >= 0.3 is 0 Å². The predicted octanol–water partition coefficient (Wildman–Crippen LogP) is 1.96. The number of unbranched alkanes of at least 4 members (excludes halogenated alkanes) is 1. The summed E-state index contributed by atoms with van der Waals surface area (Å²) in [5.74, 6) is 2.15. The largest absolute Gasteiger partial charge is 0.454 e. The average molecular weight is 462 g/mol. The Morgan fingerprint density at radius 1 is 1.24 bits per heavy atom. The Bertz CT molecular complexity index is 593. The average Bonchev–Trinajstić information content (AvgIpc) is 3.04. The zero-order valence-electron chi connectivity index (χ0n) is 15.0. The van der Waals surface area contributed by atoms with E-state index in [4.69, 9.17) is 9.47 Å². The Hall–Kier alpha value is -1.71. The van der Waals surface area contributed by atoms with Gasteiger partial charge in [0.15, 0.2) is 17.5 Å². The molecule has 1 aliphatic heterocycles. The number of amides is 1. The molecule has 7 nitrogen and oxygen atoms in total. The number of rotatable bonds is 7. The summed E-state index contributed by atoms with van der Waals surface area (Å²) in [7, 11) is 3.47. The van der Waals surface area contributed by atoms with Crippen LogP contribution in [-0.2, 0) is 11.3 Å².